The average Bonchev–Trinajstić information content (AvgIpc) is 2.94. The first-order valence-electron chi connectivity index (χ1n) is 9.59. The molecule has 5 nitrogen and oxygen atoms in total. The van der Waals surface area contributed by atoms with Crippen LogP contribution in [0.1, 0.15) is 36.0 Å². The molecular weight excluding hydrogens is 348 g/mol. The number of rotatable bonds is 6. The van der Waals surface area contributed by atoms with Crippen molar-refractivity contribution in [3.63, 3.8) is 0 Å². The fourth-order valence-corrected chi connectivity index (χ4v) is 5.74. The minimum atomic E-state index is -3.00. The number of nitrogens with zero attached hydrogens (tertiary/aromatic N) is 2. The Balaban J connectivity index is 1.72. The summed E-state index contributed by atoms with van der Waals surface area (Å²) in [7, 11) is 0.935. The minimum absolute atomic E-state index is 0.0460. The van der Waals surface area contributed by atoms with Crippen molar-refractivity contribution in [2.24, 2.45) is 0 Å². The Hall–Kier alpha value is -1.40. The highest BCUT2D eigenvalue weighted by atomic mass is 32.2. The van der Waals surface area contributed by atoms with E-state index in [1.165, 1.54) is 24.0 Å². The Kier molecular flexibility index (Phi) is 6.03. The van der Waals surface area contributed by atoms with Crippen LogP contribution in [0.2, 0.25) is 0 Å². The lowest BCUT2D eigenvalue weighted by atomic mass is 9.90. The van der Waals surface area contributed by atoms with Crippen molar-refractivity contribution >= 4 is 15.7 Å². The van der Waals surface area contributed by atoms with Crippen LogP contribution in [-0.2, 0) is 33.9 Å². The molecule has 26 heavy (non-hydrogen) atoms. The van der Waals surface area contributed by atoms with Crippen molar-refractivity contribution in [3.05, 3.63) is 34.9 Å². The van der Waals surface area contributed by atoms with Gasteiger partial charge in [-0.15, -0.1) is 0 Å². The van der Waals surface area contributed by atoms with Crippen molar-refractivity contribution < 1.29 is 13.2 Å². The third-order valence-corrected chi connectivity index (χ3v) is 7.28. The zero-order valence-electron chi connectivity index (χ0n) is 15.9. The molecule has 1 amide bonds. The summed E-state index contributed by atoms with van der Waals surface area (Å²) < 4.78 is 23.8. The van der Waals surface area contributed by atoms with Crippen molar-refractivity contribution in [2.75, 3.05) is 38.7 Å². The van der Waals surface area contributed by atoms with Crippen LogP contribution in [0, 0.1) is 0 Å². The van der Waals surface area contributed by atoms with Crippen LogP contribution in [0.5, 0.6) is 0 Å². The molecule has 3 rings (SSSR count). The van der Waals surface area contributed by atoms with Gasteiger partial charge in [0, 0.05) is 19.1 Å². The third-order valence-electron chi connectivity index (χ3n) is 5.53. The first-order chi connectivity index (χ1) is 12.3. The zero-order chi connectivity index (χ0) is 18.7. The number of benzene rings is 1. The number of hydrogen-bond donors (Lipinski definition) is 0. The van der Waals surface area contributed by atoms with E-state index in [0.29, 0.717) is 19.4 Å². The van der Waals surface area contributed by atoms with E-state index in [9.17, 15) is 13.2 Å². The summed E-state index contributed by atoms with van der Waals surface area (Å²) >= 11 is 0. The first-order valence-corrected chi connectivity index (χ1v) is 11.4. The molecule has 0 saturated carbocycles. The van der Waals surface area contributed by atoms with E-state index in [4.69, 9.17) is 0 Å². The summed E-state index contributed by atoms with van der Waals surface area (Å²) in [5, 5.41) is 0. The molecule has 144 valence electrons. The topological polar surface area (TPSA) is 57.7 Å². The van der Waals surface area contributed by atoms with Gasteiger partial charge < -0.3 is 9.80 Å². The van der Waals surface area contributed by atoms with E-state index in [0.717, 1.165) is 24.9 Å². The van der Waals surface area contributed by atoms with E-state index in [-0.39, 0.29) is 23.5 Å². The number of likely N-dealkylation sites (N-methyl/N-ethyl adjacent to an activating group) is 1. The number of aryl methyl sites for hydroxylation is 2. The Morgan fingerprint density at radius 2 is 1.85 bits per heavy atom. The summed E-state index contributed by atoms with van der Waals surface area (Å²) in [6, 6.07) is 6.24. The largest absolute Gasteiger partial charge is 0.337 e. The number of amides is 1. The van der Waals surface area contributed by atoms with Gasteiger partial charge in [-0.3, -0.25) is 4.79 Å². The molecule has 0 unspecified atom stereocenters. The lowest BCUT2D eigenvalue weighted by molar-refractivity contribution is -0.132. The molecule has 1 fully saturated rings. The molecule has 0 N–H and O–H groups in total. The van der Waals surface area contributed by atoms with Crippen LogP contribution in [0.4, 0.5) is 0 Å². The lowest BCUT2D eigenvalue weighted by Gasteiger charge is -2.30. The van der Waals surface area contributed by atoms with Crippen LogP contribution in [0.15, 0.2) is 18.2 Å². The molecule has 1 heterocycles. The predicted octanol–water partition coefficient (Wildman–Crippen LogP) is 1.69. The molecule has 0 spiro atoms. The fourth-order valence-electron chi connectivity index (χ4n) is 4.01. The molecule has 1 aliphatic carbocycles. The number of sulfone groups is 1. The van der Waals surface area contributed by atoms with E-state index in [2.05, 4.69) is 18.2 Å². The Labute approximate surface area is 157 Å². The third kappa shape index (κ3) is 4.86. The molecule has 1 atom stereocenters. The van der Waals surface area contributed by atoms with Gasteiger partial charge in [0.15, 0.2) is 9.84 Å². The summed E-state index contributed by atoms with van der Waals surface area (Å²) in [6.07, 6.45) is 5.63. The Bertz CT molecular complexity index is 758. The quantitative estimate of drug-likeness (QED) is 0.756. The SMILES string of the molecule is CN(C)CCN(C(=O)Cc1ccc2c(c1)CCCC2)[C@H]1CCS(=O)(=O)C1. The van der Waals surface area contributed by atoms with Gasteiger partial charge in [-0.25, -0.2) is 8.42 Å². The normalized spacial score (nSPS) is 21.6. The van der Waals surface area contributed by atoms with E-state index >= 15 is 0 Å². The van der Waals surface area contributed by atoms with Crippen LogP contribution in [0.3, 0.4) is 0 Å². The second-order valence-corrected chi connectivity index (χ2v) is 10.2. The van der Waals surface area contributed by atoms with Gasteiger partial charge in [-0.05, 0) is 62.9 Å². The van der Waals surface area contributed by atoms with Crippen molar-refractivity contribution in [1.82, 2.24) is 9.80 Å². The van der Waals surface area contributed by atoms with Crippen molar-refractivity contribution in [2.45, 2.75) is 44.6 Å². The predicted molar refractivity (Wildman–Crippen MR) is 104 cm³/mol. The van der Waals surface area contributed by atoms with Crippen LogP contribution in [-0.4, -0.2) is 68.9 Å². The Morgan fingerprint density at radius 1 is 1.12 bits per heavy atom. The van der Waals surface area contributed by atoms with Crippen LogP contribution < -0.4 is 0 Å². The summed E-state index contributed by atoms with van der Waals surface area (Å²) in [5.41, 5.74) is 3.84. The standard InChI is InChI=1S/C20H30N2O3S/c1-21(2)10-11-22(19-9-12-26(24,25)15-19)20(23)14-16-7-8-17-5-3-4-6-18(17)13-16/h7-8,13,19H,3-6,9-12,14-15H2,1-2H3/t19-/m0/s1. The maximum atomic E-state index is 13.0. The van der Waals surface area contributed by atoms with Gasteiger partial charge in [-0.1, -0.05) is 18.2 Å². The summed E-state index contributed by atoms with van der Waals surface area (Å²) in [4.78, 5) is 16.8. The maximum absolute atomic E-state index is 13.0. The highest BCUT2D eigenvalue weighted by Crippen LogP contribution is 2.23. The number of hydrogen-bond acceptors (Lipinski definition) is 4. The van der Waals surface area contributed by atoms with Gasteiger partial charge in [0.05, 0.1) is 17.9 Å². The molecule has 0 radical (unpaired) electrons. The van der Waals surface area contributed by atoms with Gasteiger partial charge in [0.25, 0.3) is 0 Å². The first kappa shape index (κ1) is 19.4. The summed E-state index contributed by atoms with van der Waals surface area (Å²) in [6.45, 7) is 1.32. The van der Waals surface area contributed by atoms with Crippen LogP contribution in [0.25, 0.3) is 0 Å². The maximum Gasteiger partial charge on any atom is 0.227 e. The molecule has 2 aliphatic rings. The van der Waals surface area contributed by atoms with Gasteiger partial charge in [-0.2, -0.15) is 0 Å². The van der Waals surface area contributed by atoms with E-state index in [1.807, 2.05) is 23.9 Å². The fraction of sp³-hybridized carbons (Fsp3) is 0.650. The molecule has 0 aromatic heterocycles. The van der Waals surface area contributed by atoms with Crippen molar-refractivity contribution in [1.29, 1.82) is 0 Å². The van der Waals surface area contributed by atoms with E-state index in [1.54, 1.807) is 0 Å². The molecule has 1 saturated heterocycles. The highest BCUT2D eigenvalue weighted by Gasteiger charge is 2.34. The van der Waals surface area contributed by atoms with Gasteiger partial charge in [0.1, 0.15) is 0 Å². The molecular formula is C20H30N2O3S. The highest BCUT2D eigenvalue weighted by molar-refractivity contribution is 7.91. The van der Waals surface area contributed by atoms with Gasteiger partial charge >= 0.3 is 0 Å². The number of carbonyl (C=O) groups excluding carboxylic acids is 1. The Morgan fingerprint density at radius 3 is 2.50 bits per heavy atom. The van der Waals surface area contributed by atoms with Gasteiger partial charge in [0.2, 0.25) is 5.91 Å². The lowest BCUT2D eigenvalue weighted by Crippen LogP contribution is -2.45. The zero-order valence-corrected chi connectivity index (χ0v) is 16.7. The molecule has 6 heteroatoms. The second-order valence-electron chi connectivity index (χ2n) is 7.93. The average molecular weight is 379 g/mol. The van der Waals surface area contributed by atoms with Crippen LogP contribution >= 0.6 is 0 Å². The second kappa shape index (κ2) is 8.09. The molecule has 1 aliphatic heterocycles. The number of fused-ring (bicyclic) bond motifs is 1. The van der Waals surface area contributed by atoms with Crippen molar-refractivity contribution in [3.8, 4) is 0 Å². The smallest absolute Gasteiger partial charge is 0.227 e. The molecule has 0 bridgehead atoms. The number of carbonyl (C=O) groups is 1. The minimum Gasteiger partial charge on any atom is -0.337 e. The van der Waals surface area contributed by atoms with E-state index < -0.39 is 9.84 Å². The summed E-state index contributed by atoms with van der Waals surface area (Å²) in [5.74, 6) is 0.350. The monoisotopic (exact) mass is 378 g/mol. The molecule has 1 aromatic carbocycles. The molecule has 1 aromatic rings.